The Bertz CT molecular complexity index is 683. The van der Waals surface area contributed by atoms with Gasteiger partial charge in [0, 0.05) is 12.4 Å². The minimum absolute atomic E-state index is 0.255. The first-order chi connectivity index (χ1) is 9.39. The lowest BCUT2D eigenvalue weighted by molar-refractivity contribution is 0.414. The summed E-state index contributed by atoms with van der Waals surface area (Å²) in [6, 6.07) is 8.03. The molecule has 0 bridgehead atoms. The van der Waals surface area contributed by atoms with E-state index >= 15 is 0 Å². The van der Waals surface area contributed by atoms with Gasteiger partial charge in [0.25, 0.3) is 0 Å². The third kappa shape index (κ3) is 2.51. The average molecular weight is 312 g/mol. The van der Waals surface area contributed by atoms with E-state index in [0.29, 0.717) is 10.9 Å². The topological polar surface area (TPSA) is 69.2 Å². The molecule has 20 heavy (non-hydrogen) atoms. The van der Waals surface area contributed by atoms with Crippen LogP contribution < -0.4 is 4.74 Å². The fraction of sp³-hybridized carbons (Fsp3) is 0.231. The molecular formula is C13H16N2O3S2. The van der Waals surface area contributed by atoms with E-state index in [9.17, 15) is 8.42 Å². The second-order valence-electron chi connectivity index (χ2n) is 4.39. The van der Waals surface area contributed by atoms with Crippen LogP contribution in [0.15, 0.2) is 52.8 Å². The molecule has 0 aliphatic rings. The van der Waals surface area contributed by atoms with Gasteiger partial charge in [-0.3, -0.25) is 0 Å². The van der Waals surface area contributed by atoms with E-state index in [4.69, 9.17) is 4.74 Å². The molecule has 0 N–H and O–H groups in total. The second kappa shape index (κ2) is 5.41. The van der Waals surface area contributed by atoms with Gasteiger partial charge in [-0.2, -0.15) is 0 Å². The van der Waals surface area contributed by atoms with Gasteiger partial charge in [-0.15, -0.1) is 0 Å². The van der Waals surface area contributed by atoms with Crippen LogP contribution in [-0.4, -0.2) is 38.0 Å². The first kappa shape index (κ1) is 14.8. The Balaban J connectivity index is 2.48. The Morgan fingerprint density at radius 1 is 1.00 bits per heavy atom. The predicted molar refractivity (Wildman–Crippen MR) is 79.9 cm³/mol. The molecule has 2 rings (SSSR count). The highest BCUT2D eigenvalue weighted by atomic mass is 33.2. The molecule has 0 aliphatic carbocycles. The Morgan fingerprint density at radius 2 is 1.55 bits per heavy atom. The van der Waals surface area contributed by atoms with Crippen LogP contribution in [0.1, 0.15) is 0 Å². The smallest absolute Gasteiger partial charge is 0.219 e. The summed E-state index contributed by atoms with van der Waals surface area (Å²) < 4.78 is 30.6. The molecule has 2 aromatic rings. The van der Waals surface area contributed by atoms with Gasteiger partial charge in [0.1, 0.15) is 5.75 Å². The van der Waals surface area contributed by atoms with E-state index in [0.717, 1.165) is 0 Å². The molecule has 0 atom stereocenters. The summed E-state index contributed by atoms with van der Waals surface area (Å²) in [5.74, 6) is 0.618. The molecule has 0 unspecified atom stereocenters. The Hall–Kier alpha value is -1.60. The van der Waals surface area contributed by atoms with E-state index in [2.05, 4.69) is 9.97 Å². The lowest BCUT2D eigenvalue weighted by Crippen LogP contribution is -2.14. The summed E-state index contributed by atoms with van der Waals surface area (Å²) in [6.07, 6.45) is 6.48. The molecule has 0 amide bonds. The van der Waals surface area contributed by atoms with Crippen LogP contribution in [-0.2, 0) is 8.87 Å². The molecule has 7 heteroatoms. The lowest BCUT2D eigenvalue weighted by Gasteiger charge is -2.28. The molecule has 0 saturated carbocycles. The Kier molecular flexibility index (Phi) is 4.01. The van der Waals surface area contributed by atoms with Crippen molar-refractivity contribution in [3.8, 4) is 5.75 Å². The number of benzene rings is 1. The van der Waals surface area contributed by atoms with Gasteiger partial charge < -0.3 is 4.74 Å². The first-order valence-corrected chi connectivity index (χ1v) is 10.2. The Morgan fingerprint density at radius 3 is 2.05 bits per heavy atom. The van der Waals surface area contributed by atoms with Crippen molar-refractivity contribution in [2.75, 3.05) is 19.6 Å². The van der Waals surface area contributed by atoms with Crippen LogP contribution in [0.25, 0.3) is 0 Å². The highest BCUT2D eigenvalue weighted by Gasteiger charge is 2.34. The minimum Gasteiger partial charge on any atom is -0.497 e. The first-order valence-electron chi connectivity index (χ1n) is 5.79. The Labute approximate surface area is 119 Å². The van der Waals surface area contributed by atoms with Crippen molar-refractivity contribution in [1.29, 1.82) is 0 Å². The van der Waals surface area contributed by atoms with Gasteiger partial charge in [0.15, 0.2) is 5.16 Å². The fourth-order valence-electron chi connectivity index (χ4n) is 1.62. The number of ether oxygens (including phenoxy) is 1. The summed E-state index contributed by atoms with van der Waals surface area (Å²) in [7, 11) is -4.18. The van der Waals surface area contributed by atoms with Gasteiger partial charge in [0.2, 0.25) is 8.87 Å². The van der Waals surface area contributed by atoms with Crippen molar-refractivity contribution in [1.82, 2.24) is 9.97 Å². The van der Waals surface area contributed by atoms with Crippen molar-refractivity contribution in [2.24, 2.45) is 0 Å². The van der Waals surface area contributed by atoms with Crippen LogP contribution in [0.3, 0.4) is 0 Å². The maximum atomic E-state index is 12.8. The van der Waals surface area contributed by atoms with Crippen LogP contribution in [0, 0.1) is 0 Å². The highest BCUT2D eigenvalue weighted by molar-refractivity contribution is 8.89. The largest absolute Gasteiger partial charge is 0.497 e. The molecule has 108 valence electrons. The second-order valence-corrected chi connectivity index (χ2v) is 12.4. The molecule has 1 heterocycles. The summed E-state index contributed by atoms with van der Waals surface area (Å²) in [6.45, 7) is 0. The molecule has 0 radical (unpaired) electrons. The average Bonchev–Trinajstić information content (AvgIpc) is 2.48. The van der Waals surface area contributed by atoms with E-state index < -0.39 is 17.9 Å². The summed E-state index contributed by atoms with van der Waals surface area (Å²) in [4.78, 5) is 8.45. The number of rotatable bonds is 4. The molecule has 0 spiro atoms. The highest BCUT2D eigenvalue weighted by Crippen LogP contribution is 2.55. The summed E-state index contributed by atoms with van der Waals surface area (Å²) >= 11 is 0. The third-order valence-corrected chi connectivity index (χ3v) is 10.2. The predicted octanol–water partition coefficient (Wildman–Crippen LogP) is 2.30. The van der Waals surface area contributed by atoms with Crippen LogP contribution in [0.5, 0.6) is 5.75 Å². The van der Waals surface area contributed by atoms with Gasteiger partial charge in [-0.1, -0.05) is 9.06 Å². The zero-order chi connectivity index (χ0) is 14.8. The standard InChI is InChI=1S/C13H16N2O3S2/c1-18-11-5-7-12(8-6-11)20(16,17)19(2,3)13-14-9-4-10-15-13/h4-10H,1-3H3. The molecular weight excluding hydrogens is 296 g/mol. The minimum atomic E-state index is -3.51. The fourth-order valence-corrected chi connectivity index (χ4v) is 6.02. The normalized spacial score (nSPS) is 12.9. The van der Waals surface area contributed by atoms with Gasteiger partial charge in [-0.25, -0.2) is 18.4 Å². The maximum absolute atomic E-state index is 12.8. The monoisotopic (exact) mass is 312 g/mol. The third-order valence-electron chi connectivity index (χ3n) is 2.88. The number of nitrogens with zero attached hydrogens (tertiary/aromatic N) is 2. The van der Waals surface area contributed by atoms with E-state index in [-0.39, 0.29) is 4.90 Å². The van der Waals surface area contributed by atoms with E-state index in [1.807, 2.05) is 0 Å². The van der Waals surface area contributed by atoms with Crippen LogP contribution in [0.4, 0.5) is 0 Å². The molecule has 1 aromatic carbocycles. The van der Waals surface area contributed by atoms with Gasteiger partial charge in [0.05, 0.1) is 12.0 Å². The van der Waals surface area contributed by atoms with Gasteiger partial charge in [-0.05, 0) is 42.8 Å². The van der Waals surface area contributed by atoms with Crippen LogP contribution in [0.2, 0.25) is 0 Å². The number of methoxy groups -OCH3 is 1. The number of hydrogen-bond donors (Lipinski definition) is 0. The van der Waals surface area contributed by atoms with E-state index in [1.165, 1.54) is 7.11 Å². The van der Waals surface area contributed by atoms with Crippen molar-refractivity contribution >= 4 is 17.9 Å². The van der Waals surface area contributed by atoms with Gasteiger partial charge >= 0.3 is 0 Å². The maximum Gasteiger partial charge on any atom is 0.219 e. The molecule has 0 saturated heterocycles. The zero-order valence-corrected chi connectivity index (χ0v) is 13.1. The van der Waals surface area contributed by atoms with Crippen molar-refractivity contribution in [2.45, 2.75) is 10.1 Å². The molecule has 1 aromatic heterocycles. The quantitative estimate of drug-likeness (QED) is 0.640. The van der Waals surface area contributed by atoms with Crippen molar-refractivity contribution < 1.29 is 13.2 Å². The van der Waals surface area contributed by atoms with Crippen molar-refractivity contribution in [3.63, 3.8) is 0 Å². The number of aromatic nitrogens is 2. The summed E-state index contributed by atoms with van der Waals surface area (Å²) in [5.41, 5.74) is 0. The number of hydrogen-bond acceptors (Lipinski definition) is 5. The van der Waals surface area contributed by atoms with Crippen LogP contribution >= 0.6 is 9.06 Å². The molecule has 0 aliphatic heterocycles. The zero-order valence-electron chi connectivity index (χ0n) is 11.5. The molecule has 5 nitrogen and oxygen atoms in total. The van der Waals surface area contributed by atoms with Crippen molar-refractivity contribution in [3.05, 3.63) is 42.7 Å². The van der Waals surface area contributed by atoms with E-state index in [1.54, 1.807) is 55.2 Å². The lowest BCUT2D eigenvalue weighted by atomic mass is 10.3. The molecule has 0 fully saturated rings. The summed E-state index contributed by atoms with van der Waals surface area (Å²) in [5, 5.41) is 0.357. The SMILES string of the molecule is COc1ccc(S(=O)(=O)S(C)(C)c2ncccn2)cc1.